The quantitative estimate of drug-likeness (QED) is 0.622. The summed E-state index contributed by atoms with van der Waals surface area (Å²) in [5.41, 5.74) is 2.85. The first kappa shape index (κ1) is 13.0. The zero-order chi connectivity index (χ0) is 12.3. The van der Waals surface area contributed by atoms with Crippen LogP contribution in [0.3, 0.4) is 0 Å². The molecular formula is C14H21O2P. The van der Waals surface area contributed by atoms with Crippen molar-refractivity contribution in [3.8, 4) is 0 Å². The molecule has 2 N–H and O–H groups in total. The highest BCUT2D eigenvalue weighted by atomic mass is 31.2. The van der Waals surface area contributed by atoms with Crippen molar-refractivity contribution >= 4 is 8.38 Å². The van der Waals surface area contributed by atoms with E-state index < -0.39 is 8.38 Å². The monoisotopic (exact) mass is 252 g/mol. The molecule has 2 nitrogen and oxygen atoms in total. The van der Waals surface area contributed by atoms with E-state index in [0.29, 0.717) is 5.92 Å². The van der Waals surface area contributed by atoms with E-state index in [9.17, 15) is 9.79 Å². The summed E-state index contributed by atoms with van der Waals surface area (Å²) in [6, 6.07) is 8.79. The zero-order valence-electron chi connectivity index (χ0n) is 10.3. The van der Waals surface area contributed by atoms with E-state index in [1.165, 1.54) is 17.5 Å². The van der Waals surface area contributed by atoms with E-state index in [0.717, 1.165) is 25.7 Å². The molecule has 0 aliphatic heterocycles. The van der Waals surface area contributed by atoms with Crippen LogP contribution in [-0.2, 0) is 0 Å². The van der Waals surface area contributed by atoms with Crippen LogP contribution in [-0.4, -0.2) is 15.4 Å². The van der Waals surface area contributed by atoms with Crippen LogP contribution in [0.5, 0.6) is 0 Å². The second-order valence-corrected chi connectivity index (χ2v) is 6.46. The lowest BCUT2D eigenvalue weighted by Gasteiger charge is -2.16. The minimum Gasteiger partial charge on any atom is -0.350 e. The summed E-state index contributed by atoms with van der Waals surface area (Å²) in [4.78, 5) is 18.6. The van der Waals surface area contributed by atoms with Crippen molar-refractivity contribution in [3.05, 3.63) is 35.4 Å². The van der Waals surface area contributed by atoms with Gasteiger partial charge >= 0.3 is 0 Å². The molecule has 0 spiro atoms. The Morgan fingerprint density at radius 1 is 1.00 bits per heavy atom. The lowest BCUT2D eigenvalue weighted by molar-refractivity contribution is 0.453. The van der Waals surface area contributed by atoms with Crippen LogP contribution >= 0.6 is 8.38 Å². The van der Waals surface area contributed by atoms with E-state index in [4.69, 9.17) is 0 Å². The second kappa shape index (κ2) is 5.95. The topological polar surface area (TPSA) is 40.5 Å². The van der Waals surface area contributed by atoms with Gasteiger partial charge in [-0.25, -0.2) is 0 Å². The van der Waals surface area contributed by atoms with E-state index >= 15 is 0 Å². The average molecular weight is 252 g/mol. The molecule has 17 heavy (non-hydrogen) atoms. The smallest absolute Gasteiger partial charge is 0.168 e. The van der Waals surface area contributed by atoms with Crippen molar-refractivity contribution in [3.63, 3.8) is 0 Å². The molecule has 2 atom stereocenters. The summed E-state index contributed by atoms with van der Waals surface area (Å²) in [5.74, 6) is 0.607. The number of aryl methyl sites for hydroxylation is 1. The van der Waals surface area contributed by atoms with Gasteiger partial charge in [0.05, 0.1) is 0 Å². The minimum atomic E-state index is -1.73. The first-order chi connectivity index (χ1) is 8.16. The molecule has 2 unspecified atom stereocenters. The molecule has 0 bridgehead atoms. The molecule has 1 fully saturated rings. The lowest BCUT2D eigenvalue weighted by Crippen LogP contribution is -2.03. The number of hydrogen-bond acceptors (Lipinski definition) is 2. The SMILES string of the molecule is Cc1ccc(C2CCCC(P(O)O)CC2)cc1. The van der Waals surface area contributed by atoms with Crippen LogP contribution < -0.4 is 0 Å². The van der Waals surface area contributed by atoms with Gasteiger partial charge in [-0.05, 0) is 44.1 Å². The Bertz CT molecular complexity index is 348. The molecule has 0 heterocycles. The molecular weight excluding hydrogens is 231 g/mol. The fourth-order valence-corrected chi connectivity index (χ4v) is 3.48. The van der Waals surface area contributed by atoms with E-state index in [1.54, 1.807) is 0 Å². The van der Waals surface area contributed by atoms with Gasteiger partial charge < -0.3 is 9.79 Å². The Morgan fingerprint density at radius 3 is 2.35 bits per heavy atom. The maximum Gasteiger partial charge on any atom is 0.168 e. The highest BCUT2D eigenvalue weighted by Gasteiger charge is 2.24. The molecule has 94 valence electrons. The second-order valence-electron chi connectivity index (χ2n) is 5.09. The summed E-state index contributed by atoms with van der Waals surface area (Å²) in [5, 5.41) is 0. The zero-order valence-corrected chi connectivity index (χ0v) is 11.2. The van der Waals surface area contributed by atoms with Gasteiger partial charge in [-0.1, -0.05) is 36.2 Å². The number of benzene rings is 1. The molecule has 2 rings (SSSR count). The summed E-state index contributed by atoms with van der Waals surface area (Å²) in [6.07, 6.45) is 5.32. The van der Waals surface area contributed by atoms with E-state index in [-0.39, 0.29) is 5.66 Å². The molecule has 1 aliphatic rings. The first-order valence-electron chi connectivity index (χ1n) is 6.40. The fourth-order valence-electron chi connectivity index (χ4n) is 2.69. The van der Waals surface area contributed by atoms with Gasteiger partial charge in [-0.3, -0.25) is 0 Å². The van der Waals surface area contributed by atoms with Crippen LogP contribution in [0, 0.1) is 6.92 Å². The molecule has 0 radical (unpaired) electrons. The van der Waals surface area contributed by atoms with Gasteiger partial charge in [-0.15, -0.1) is 0 Å². The Kier molecular flexibility index (Phi) is 4.55. The van der Waals surface area contributed by atoms with Crippen molar-refractivity contribution in [1.82, 2.24) is 0 Å². The largest absolute Gasteiger partial charge is 0.350 e. The van der Waals surface area contributed by atoms with Crippen LogP contribution in [0.4, 0.5) is 0 Å². The van der Waals surface area contributed by atoms with Gasteiger partial charge in [0.2, 0.25) is 0 Å². The Labute approximate surface area is 105 Å². The maximum absolute atomic E-state index is 9.32. The highest BCUT2D eigenvalue weighted by molar-refractivity contribution is 7.45. The molecule has 1 saturated carbocycles. The van der Waals surface area contributed by atoms with Gasteiger partial charge in [0.15, 0.2) is 8.38 Å². The van der Waals surface area contributed by atoms with Gasteiger partial charge in [-0.2, -0.15) is 0 Å². The highest BCUT2D eigenvalue weighted by Crippen LogP contribution is 2.43. The third-order valence-corrected chi connectivity index (χ3v) is 4.98. The summed E-state index contributed by atoms with van der Waals surface area (Å²) >= 11 is 0. The van der Waals surface area contributed by atoms with E-state index in [1.807, 2.05) is 0 Å². The Balaban J connectivity index is 2.01. The average Bonchev–Trinajstić information content (AvgIpc) is 2.55. The number of hydrogen-bond donors (Lipinski definition) is 2. The van der Waals surface area contributed by atoms with Crippen LogP contribution in [0.1, 0.15) is 49.1 Å². The molecule has 1 aromatic carbocycles. The van der Waals surface area contributed by atoms with Crippen molar-refractivity contribution in [2.24, 2.45) is 0 Å². The van der Waals surface area contributed by atoms with Crippen molar-refractivity contribution in [2.75, 3.05) is 0 Å². The molecule has 0 aromatic heterocycles. The first-order valence-corrected chi connectivity index (χ1v) is 7.72. The van der Waals surface area contributed by atoms with Gasteiger partial charge in [0.1, 0.15) is 0 Å². The van der Waals surface area contributed by atoms with Crippen LogP contribution in [0.15, 0.2) is 24.3 Å². The third-order valence-electron chi connectivity index (χ3n) is 3.81. The third kappa shape index (κ3) is 3.51. The van der Waals surface area contributed by atoms with Crippen LogP contribution in [0.2, 0.25) is 0 Å². The molecule has 1 aromatic rings. The minimum absolute atomic E-state index is 0.139. The summed E-state index contributed by atoms with van der Waals surface area (Å²) < 4.78 is 0. The van der Waals surface area contributed by atoms with Crippen LogP contribution in [0.25, 0.3) is 0 Å². The molecule has 0 amide bonds. The van der Waals surface area contributed by atoms with Crippen molar-refractivity contribution in [2.45, 2.75) is 50.6 Å². The van der Waals surface area contributed by atoms with Gasteiger partial charge in [0.25, 0.3) is 0 Å². The standard InChI is InChI=1S/C14H21O2P/c1-11-5-7-13(8-6-11)12-3-2-4-14(10-9-12)17(15)16/h5-8,12,14-16H,2-4,9-10H2,1H3. The van der Waals surface area contributed by atoms with E-state index in [2.05, 4.69) is 31.2 Å². The molecule has 3 heteroatoms. The maximum atomic E-state index is 9.32. The normalized spacial score (nSPS) is 25.9. The fraction of sp³-hybridized carbons (Fsp3) is 0.571. The predicted octanol–water partition coefficient (Wildman–Crippen LogP) is 3.71. The lowest BCUT2D eigenvalue weighted by atomic mass is 9.91. The molecule has 0 saturated heterocycles. The Morgan fingerprint density at radius 2 is 1.71 bits per heavy atom. The summed E-state index contributed by atoms with van der Waals surface area (Å²) in [6.45, 7) is 2.11. The number of rotatable bonds is 2. The molecule has 1 aliphatic carbocycles. The van der Waals surface area contributed by atoms with Gasteiger partial charge in [0, 0.05) is 5.66 Å². The van der Waals surface area contributed by atoms with Crippen molar-refractivity contribution in [1.29, 1.82) is 0 Å². The summed E-state index contributed by atoms with van der Waals surface area (Å²) in [7, 11) is -1.73. The predicted molar refractivity (Wildman–Crippen MR) is 72.2 cm³/mol. The Hall–Kier alpha value is -0.430. The van der Waals surface area contributed by atoms with Crippen molar-refractivity contribution < 1.29 is 9.79 Å².